The highest BCUT2D eigenvalue weighted by Gasteiger charge is 2.16. The van der Waals surface area contributed by atoms with E-state index < -0.39 is 11.7 Å². The molecule has 1 aromatic carbocycles. The van der Waals surface area contributed by atoms with Crippen molar-refractivity contribution >= 4 is 17.7 Å². The lowest BCUT2D eigenvalue weighted by Gasteiger charge is -2.20. The normalized spacial score (nSPS) is 11.2. The summed E-state index contributed by atoms with van der Waals surface area (Å²) in [5.41, 5.74) is 1.59. The van der Waals surface area contributed by atoms with Crippen molar-refractivity contribution in [1.82, 2.24) is 10.6 Å². The van der Waals surface area contributed by atoms with Crippen LogP contribution in [0.5, 0.6) is 0 Å². The van der Waals surface area contributed by atoms with Crippen molar-refractivity contribution in [3.63, 3.8) is 0 Å². The number of carbonyl (C=O) groups is 1. The Hall–Kier alpha value is -1.26. The van der Waals surface area contributed by atoms with Crippen molar-refractivity contribution in [1.29, 1.82) is 0 Å². The second kappa shape index (κ2) is 6.78. The van der Waals surface area contributed by atoms with Crippen LogP contribution in [0.1, 0.15) is 31.9 Å². The number of hydrogen-bond donors (Lipinski definition) is 2. The predicted octanol–water partition coefficient (Wildman–Crippen LogP) is 3.08. The van der Waals surface area contributed by atoms with Crippen molar-refractivity contribution < 1.29 is 9.53 Å². The quantitative estimate of drug-likeness (QED) is 0.893. The third-order valence-corrected chi connectivity index (χ3v) is 2.59. The van der Waals surface area contributed by atoms with E-state index in [1.54, 1.807) is 0 Å². The second-order valence-corrected chi connectivity index (χ2v) is 5.74. The maximum Gasteiger partial charge on any atom is 0.407 e. The summed E-state index contributed by atoms with van der Waals surface area (Å²) in [4.78, 5) is 11.6. The lowest BCUT2D eigenvalue weighted by atomic mass is 10.1. The fourth-order valence-electron chi connectivity index (χ4n) is 1.60. The number of alkyl carbamates (subject to hydrolysis) is 1. The Morgan fingerprint density at radius 1 is 1.26 bits per heavy atom. The molecule has 0 heterocycles. The van der Waals surface area contributed by atoms with E-state index in [0.717, 1.165) is 11.1 Å². The number of nitrogens with one attached hydrogen (secondary N) is 2. The molecular weight excluding hydrogens is 264 g/mol. The highest BCUT2D eigenvalue weighted by Crippen LogP contribution is 2.16. The number of amides is 1. The molecule has 0 bridgehead atoms. The van der Waals surface area contributed by atoms with Gasteiger partial charge in [-0.25, -0.2) is 4.79 Å². The third-order valence-electron chi connectivity index (χ3n) is 2.36. The molecular formula is C14H21ClN2O2. The molecule has 106 valence electrons. The van der Waals surface area contributed by atoms with E-state index in [1.807, 2.05) is 46.0 Å². The molecule has 0 unspecified atom stereocenters. The molecule has 0 radical (unpaired) electrons. The van der Waals surface area contributed by atoms with Gasteiger partial charge in [-0.05, 0) is 51.1 Å². The zero-order chi connectivity index (χ0) is 14.5. The van der Waals surface area contributed by atoms with Gasteiger partial charge in [0.25, 0.3) is 0 Å². The van der Waals surface area contributed by atoms with E-state index in [2.05, 4.69) is 10.6 Å². The van der Waals surface area contributed by atoms with Gasteiger partial charge in [0.15, 0.2) is 0 Å². The summed E-state index contributed by atoms with van der Waals surface area (Å²) in [5, 5.41) is 6.50. The summed E-state index contributed by atoms with van der Waals surface area (Å²) in [6.07, 6.45) is -0.419. The minimum Gasteiger partial charge on any atom is -0.444 e. The van der Waals surface area contributed by atoms with Crippen LogP contribution < -0.4 is 10.6 Å². The highest BCUT2D eigenvalue weighted by molar-refractivity contribution is 6.30. The smallest absolute Gasteiger partial charge is 0.407 e. The lowest BCUT2D eigenvalue weighted by Crippen LogP contribution is -2.32. The molecule has 1 rings (SSSR count). The first-order valence-electron chi connectivity index (χ1n) is 6.20. The molecule has 0 saturated heterocycles. The summed E-state index contributed by atoms with van der Waals surface area (Å²) in [5.74, 6) is 0. The average Bonchev–Trinajstić information content (AvgIpc) is 2.26. The largest absolute Gasteiger partial charge is 0.444 e. The van der Waals surface area contributed by atoms with Gasteiger partial charge in [-0.15, -0.1) is 0 Å². The van der Waals surface area contributed by atoms with E-state index in [4.69, 9.17) is 16.3 Å². The maximum absolute atomic E-state index is 11.6. The van der Waals surface area contributed by atoms with E-state index in [0.29, 0.717) is 18.1 Å². The Bertz CT molecular complexity index is 442. The van der Waals surface area contributed by atoms with Crippen LogP contribution in [0.25, 0.3) is 0 Å². The number of benzene rings is 1. The zero-order valence-corrected chi connectivity index (χ0v) is 12.6. The van der Waals surface area contributed by atoms with Crippen molar-refractivity contribution in [2.45, 2.75) is 39.5 Å². The van der Waals surface area contributed by atoms with Crippen molar-refractivity contribution in [3.05, 3.63) is 34.3 Å². The molecule has 4 nitrogen and oxygen atoms in total. The Morgan fingerprint density at radius 3 is 2.53 bits per heavy atom. The lowest BCUT2D eigenvalue weighted by molar-refractivity contribution is 0.0523. The van der Waals surface area contributed by atoms with Gasteiger partial charge < -0.3 is 15.4 Å². The standard InChI is InChI=1S/C14H21ClN2O2/c1-14(2,3)19-13(18)17-9-10-5-6-12(15)7-11(10)8-16-4/h5-7,16H,8-9H2,1-4H3,(H,17,18). The number of hydrogen-bond acceptors (Lipinski definition) is 3. The summed E-state index contributed by atoms with van der Waals surface area (Å²) >= 11 is 5.96. The molecule has 0 aliphatic heterocycles. The van der Waals surface area contributed by atoms with Crippen LogP contribution in [0.15, 0.2) is 18.2 Å². The third kappa shape index (κ3) is 5.94. The first-order chi connectivity index (χ1) is 8.81. The number of halogens is 1. The minimum absolute atomic E-state index is 0.419. The van der Waals surface area contributed by atoms with Gasteiger partial charge in [0.2, 0.25) is 0 Å². The summed E-state index contributed by atoms with van der Waals surface area (Å²) in [6.45, 7) is 6.62. The average molecular weight is 285 g/mol. The van der Waals surface area contributed by atoms with Gasteiger partial charge in [0.05, 0.1) is 0 Å². The Labute approximate surface area is 119 Å². The summed E-state index contributed by atoms with van der Waals surface area (Å²) in [6, 6.07) is 5.61. The summed E-state index contributed by atoms with van der Waals surface area (Å²) < 4.78 is 5.19. The van der Waals surface area contributed by atoms with Crippen molar-refractivity contribution in [3.8, 4) is 0 Å². The van der Waals surface area contributed by atoms with Crippen molar-refractivity contribution in [2.75, 3.05) is 7.05 Å². The molecule has 0 aliphatic rings. The topological polar surface area (TPSA) is 50.4 Å². The second-order valence-electron chi connectivity index (χ2n) is 5.30. The van der Waals surface area contributed by atoms with Crippen LogP contribution in [0.3, 0.4) is 0 Å². The summed E-state index contributed by atoms with van der Waals surface area (Å²) in [7, 11) is 1.87. The molecule has 0 saturated carbocycles. The molecule has 0 fully saturated rings. The van der Waals surface area contributed by atoms with Gasteiger partial charge in [0.1, 0.15) is 5.60 Å². The number of rotatable bonds is 4. The fourth-order valence-corrected chi connectivity index (χ4v) is 1.80. The van der Waals surface area contributed by atoms with Crippen molar-refractivity contribution in [2.24, 2.45) is 0 Å². The molecule has 1 aromatic rings. The van der Waals surface area contributed by atoms with E-state index >= 15 is 0 Å². The molecule has 5 heteroatoms. The predicted molar refractivity (Wildman–Crippen MR) is 77.3 cm³/mol. The maximum atomic E-state index is 11.6. The molecule has 19 heavy (non-hydrogen) atoms. The fraction of sp³-hybridized carbons (Fsp3) is 0.500. The van der Waals surface area contributed by atoms with Crippen LogP contribution in [-0.4, -0.2) is 18.7 Å². The van der Waals surface area contributed by atoms with Crippen LogP contribution in [-0.2, 0) is 17.8 Å². The Balaban J connectivity index is 2.64. The zero-order valence-electron chi connectivity index (χ0n) is 11.8. The first kappa shape index (κ1) is 15.8. The highest BCUT2D eigenvalue weighted by atomic mass is 35.5. The molecule has 0 atom stereocenters. The molecule has 0 spiro atoms. The monoisotopic (exact) mass is 284 g/mol. The Morgan fingerprint density at radius 2 is 1.95 bits per heavy atom. The van der Waals surface area contributed by atoms with Crippen LogP contribution >= 0.6 is 11.6 Å². The van der Waals surface area contributed by atoms with E-state index in [-0.39, 0.29) is 0 Å². The van der Waals surface area contributed by atoms with E-state index in [1.165, 1.54) is 0 Å². The van der Waals surface area contributed by atoms with Gasteiger partial charge in [-0.2, -0.15) is 0 Å². The molecule has 0 aromatic heterocycles. The number of carbonyl (C=O) groups excluding carboxylic acids is 1. The number of ether oxygens (including phenoxy) is 1. The van der Waals surface area contributed by atoms with Crippen LogP contribution in [0.2, 0.25) is 5.02 Å². The first-order valence-corrected chi connectivity index (χ1v) is 6.58. The molecule has 1 amide bonds. The van der Waals surface area contributed by atoms with Crippen LogP contribution in [0.4, 0.5) is 4.79 Å². The van der Waals surface area contributed by atoms with Gasteiger partial charge in [-0.1, -0.05) is 17.7 Å². The van der Waals surface area contributed by atoms with Gasteiger partial charge in [-0.3, -0.25) is 0 Å². The SMILES string of the molecule is CNCc1cc(Cl)ccc1CNC(=O)OC(C)(C)C. The Kier molecular flexibility index (Phi) is 5.63. The minimum atomic E-state index is -0.488. The van der Waals surface area contributed by atoms with Gasteiger partial charge >= 0.3 is 6.09 Å². The van der Waals surface area contributed by atoms with E-state index in [9.17, 15) is 4.79 Å². The molecule has 0 aliphatic carbocycles. The van der Waals surface area contributed by atoms with Crippen LogP contribution in [0, 0.1) is 0 Å². The van der Waals surface area contributed by atoms with Gasteiger partial charge in [0, 0.05) is 18.1 Å². The molecule has 2 N–H and O–H groups in total.